The smallest absolute Gasteiger partial charge is 0.305 e. The molecule has 1 heterocycles. The molecule has 179 valence electrons. The lowest BCUT2D eigenvalue weighted by atomic mass is 9.93. The summed E-state index contributed by atoms with van der Waals surface area (Å²) in [4.78, 5) is 11.4. The van der Waals surface area contributed by atoms with E-state index in [1.807, 2.05) is 0 Å². The van der Waals surface area contributed by atoms with Gasteiger partial charge in [-0.15, -0.1) is 0 Å². The lowest BCUT2D eigenvalue weighted by Crippen LogP contribution is -2.30. The molecule has 0 aromatic heterocycles. The van der Waals surface area contributed by atoms with Crippen LogP contribution in [0, 0.1) is 12.8 Å². The zero-order chi connectivity index (χ0) is 23.7. The first kappa shape index (κ1) is 25.2. The van der Waals surface area contributed by atoms with Gasteiger partial charge in [0, 0.05) is 0 Å². The maximum atomic E-state index is 12.8. The van der Waals surface area contributed by atoms with Crippen molar-refractivity contribution in [3.63, 3.8) is 0 Å². The van der Waals surface area contributed by atoms with E-state index in [9.17, 15) is 18.3 Å². The zero-order valence-corrected chi connectivity index (χ0v) is 19.6. The van der Waals surface area contributed by atoms with Crippen LogP contribution in [0.3, 0.4) is 0 Å². The monoisotopic (exact) mass is 473 g/mol. The van der Waals surface area contributed by atoms with Crippen LogP contribution in [0.25, 0.3) is 0 Å². The van der Waals surface area contributed by atoms with Crippen molar-refractivity contribution in [2.45, 2.75) is 49.5 Å². The van der Waals surface area contributed by atoms with Crippen molar-refractivity contribution >= 4 is 16.0 Å². The number of ether oxygens (including phenoxy) is 1. The van der Waals surface area contributed by atoms with Crippen molar-refractivity contribution in [2.24, 2.45) is 5.92 Å². The van der Waals surface area contributed by atoms with Gasteiger partial charge in [-0.3, -0.25) is 4.79 Å². The summed E-state index contributed by atoms with van der Waals surface area (Å²) in [7, 11) is -3.94. The van der Waals surface area contributed by atoms with Gasteiger partial charge in [0.15, 0.2) is 0 Å². The molecule has 1 aliphatic rings. The Balaban J connectivity index is 1.56. The quantitative estimate of drug-likeness (QED) is 0.404. The normalized spacial score (nSPS) is 15.8. The molecule has 3 rings (SSSR count). The number of hydrogen-bond acceptors (Lipinski definition) is 5. The molecule has 1 aliphatic heterocycles. The van der Waals surface area contributed by atoms with Crippen molar-refractivity contribution in [2.75, 3.05) is 19.7 Å². The van der Waals surface area contributed by atoms with Crippen molar-refractivity contribution in [3.8, 4) is 5.75 Å². The minimum Gasteiger partial charge on any atom is -0.494 e. The molecule has 0 spiro atoms. The first-order valence-electron chi connectivity index (χ1n) is 11.4. The molecule has 7 nitrogen and oxygen atoms in total. The lowest BCUT2D eigenvalue weighted by Gasteiger charge is -2.22. The fourth-order valence-electron chi connectivity index (χ4n) is 4.11. The number of benzene rings is 2. The summed E-state index contributed by atoms with van der Waals surface area (Å²) >= 11 is 0. The molecular formula is C25H33N2O5S. The Morgan fingerprint density at radius 2 is 1.82 bits per heavy atom. The molecule has 1 unspecified atom stereocenters. The Hall–Kier alpha value is -2.42. The van der Waals surface area contributed by atoms with Crippen LogP contribution >= 0.6 is 0 Å². The maximum absolute atomic E-state index is 12.8. The molecule has 1 fully saturated rings. The Kier molecular flexibility index (Phi) is 9.29. The second kappa shape index (κ2) is 12.2. The fraction of sp³-hybridized carbons (Fsp3) is 0.440. The number of carboxylic acids is 1. The second-order valence-electron chi connectivity index (χ2n) is 8.49. The van der Waals surface area contributed by atoms with E-state index in [0.29, 0.717) is 23.5 Å². The molecule has 0 aliphatic carbocycles. The molecule has 0 amide bonds. The van der Waals surface area contributed by atoms with Crippen molar-refractivity contribution in [1.82, 2.24) is 10.0 Å². The van der Waals surface area contributed by atoms with E-state index < -0.39 is 22.0 Å². The average molecular weight is 474 g/mol. The van der Waals surface area contributed by atoms with Crippen LogP contribution in [-0.2, 0) is 14.8 Å². The number of sulfonamides is 1. The topological polar surface area (TPSA) is 105 Å². The summed E-state index contributed by atoms with van der Waals surface area (Å²) in [5.74, 6) is 0.399. The maximum Gasteiger partial charge on any atom is 0.305 e. The summed E-state index contributed by atoms with van der Waals surface area (Å²) in [6.07, 6.45) is 5.48. The van der Waals surface area contributed by atoms with E-state index in [0.717, 1.165) is 31.8 Å². The van der Waals surface area contributed by atoms with E-state index >= 15 is 0 Å². The summed E-state index contributed by atoms with van der Waals surface area (Å²) in [5, 5.41) is 12.7. The standard InChI is InChI=1S/C25H33N2O5S/c1-19-6-2-3-8-24(19)33(30,31)27-23(18-25(28)29)21-9-11-22(12-10-21)32-17-5-4-7-20-13-15-26-16-14-20/h2-3,6,8-12,20,23,26-27H,1,4-5,7,13-18H2,(H,28,29). The molecule has 8 heteroatoms. The van der Waals surface area contributed by atoms with Crippen LogP contribution in [-0.4, -0.2) is 39.2 Å². The number of carbonyl (C=O) groups is 1. The number of piperidine rings is 1. The van der Waals surface area contributed by atoms with Gasteiger partial charge in [-0.25, -0.2) is 13.1 Å². The predicted molar refractivity (Wildman–Crippen MR) is 128 cm³/mol. The number of nitrogens with one attached hydrogen (secondary N) is 2. The Labute approximate surface area is 196 Å². The second-order valence-corrected chi connectivity index (χ2v) is 10.2. The highest BCUT2D eigenvalue weighted by atomic mass is 32.2. The van der Waals surface area contributed by atoms with Crippen LogP contribution in [0.4, 0.5) is 0 Å². The summed E-state index contributed by atoms with van der Waals surface area (Å²) in [6.45, 7) is 6.61. The molecular weight excluding hydrogens is 440 g/mol. The third kappa shape index (κ3) is 7.84. The van der Waals surface area contributed by atoms with Crippen LogP contribution in [0.2, 0.25) is 0 Å². The molecule has 2 aromatic carbocycles. The van der Waals surface area contributed by atoms with Crippen LogP contribution in [0.1, 0.15) is 55.7 Å². The van der Waals surface area contributed by atoms with Gasteiger partial charge in [-0.05, 0) is 80.9 Å². The number of unbranched alkanes of at least 4 members (excludes halogenated alkanes) is 1. The Morgan fingerprint density at radius 1 is 1.12 bits per heavy atom. The summed E-state index contributed by atoms with van der Waals surface area (Å²) < 4.78 is 34.0. The van der Waals surface area contributed by atoms with Gasteiger partial charge in [0.25, 0.3) is 0 Å². The predicted octanol–water partition coefficient (Wildman–Crippen LogP) is 3.91. The molecule has 33 heavy (non-hydrogen) atoms. The highest BCUT2D eigenvalue weighted by Gasteiger charge is 2.24. The SMILES string of the molecule is [CH2]c1ccccc1S(=O)(=O)NC(CC(=O)O)c1ccc(OCCCCC2CCNCC2)cc1. The van der Waals surface area contributed by atoms with Crippen molar-refractivity contribution < 1.29 is 23.1 Å². The van der Waals surface area contributed by atoms with Gasteiger partial charge < -0.3 is 15.2 Å². The summed E-state index contributed by atoms with van der Waals surface area (Å²) in [5.41, 5.74) is 0.906. The summed E-state index contributed by atoms with van der Waals surface area (Å²) in [6, 6.07) is 12.3. The van der Waals surface area contributed by atoms with E-state index in [-0.39, 0.29) is 11.3 Å². The molecule has 3 N–H and O–H groups in total. The average Bonchev–Trinajstić information content (AvgIpc) is 2.79. The van der Waals surface area contributed by atoms with Gasteiger partial charge in [-0.2, -0.15) is 0 Å². The number of carboxylic acid groups (broad SMARTS) is 1. The zero-order valence-electron chi connectivity index (χ0n) is 18.8. The van der Waals surface area contributed by atoms with Gasteiger partial charge in [0.1, 0.15) is 5.75 Å². The number of aliphatic carboxylic acids is 1. The molecule has 2 aromatic rings. The van der Waals surface area contributed by atoms with E-state index in [4.69, 9.17) is 4.74 Å². The van der Waals surface area contributed by atoms with Crippen LogP contribution in [0.15, 0.2) is 53.4 Å². The van der Waals surface area contributed by atoms with Crippen molar-refractivity contribution in [1.29, 1.82) is 0 Å². The Bertz CT molecular complexity index is 1000. The molecule has 1 saturated heterocycles. The highest BCUT2D eigenvalue weighted by Crippen LogP contribution is 2.25. The van der Waals surface area contributed by atoms with Crippen LogP contribution in [0.5, 0.6) is 5.75 Å². The first-order valence-corrected chi connectivity index (χ1v) is 12.9. The van der Waals surface area contributed by atoms with Crippen molar-refractivity contribution in [3.05, 3.63) is 66.6 Å². The van der Waals surface area contributed by atoms with Crippen LogP contribution < -0.4 is 14.8 Å². The minimum absolute atomic E-state index is 0.0323. The lowest BCUT2D eigenvalue weighted by molar-refractivity contribution is -0.137. The Morgan fingerprint density at radius 3 is 2.48 bits per heavy atom. The fourth-order valence-corrected chi connectivity index (χ4v) is 5.50. The largest absolute Gasteiger partial charge is 0.494 e. The molecule has 1 atom stereocenters. The first-order chi connectivity index (χ1) is 15.8. The number of hydrogen-bond donors (Lipinski definition) is 3. The minimum atomic E-state index is -3.94. The third-order valence-corrected chi connectivity index (χ3v) is 7.53. The van der Waals surface area contributed by atoms with Gasteiger partial charge in [0.2, 0.25) is 10.0 Å². The third-order valence-electron chi connectivity index (χ3n) is 5.95. The van der Waals surface area contributed by atoms with Gasteiger partial charge in [-0.1, -0.05) is 36.8 Å². The van der Waals surface area contributed by atoms with E-state index in [1.165, 1.54) is 25.3 Å². The van der Waals surface area contributed by atoms with Gasteiger partial charge in [0.05, 0.1) is 24.0 Å². The van der Waals surface area contributed by atoms with E-state index in [1.54, 1.807) is 42.5 Å². The molecule has 0 bridgehead atoms. The highest BCUT2D eigenvalue weighted by molar-refractivity contribution is 7.89. The number of rotatable bonds is 12. The van der Waals surface area contributed by atoms with E-state index in [2.05, 4.69) is 17.0 Å². The molecule has 1 radical (unpaired) electrons. The van der Waals surface area contributed by atoms with Gasteiger partial charge >= 0.3 is 5.97 Å². The molecule has 0 saturated carbocycles.